The molecule has 2 heterocycles. The molecule has 0 radical (unpaired) electrons. The molecule has 0 spiro atoms. The van der Waals surface area contributed by atoms with E-state index in [0.29, 0.717) is 29.7 Å². The first-order chi connectivity index (χ1) is 13.2. The number of carbonyl (C=O) groups is 1. The summed E-state index contributed by atoms with van der Waals surface area (Å²) in [5.41, 5.74) is 0.900. The third-order valence-electron chi connectivity index (χ3n) is 4.53. The standard InChI is InChI=1S/C21H19ClN2O3/c22-16-6-8-17(9-7-16)26-14-21(25)24-12-11-18(13-24)27-20-10-5-15-3-1-2-4-19(15)23-20/h1-10,18H,11-14H2/t18-/m0/s1. The number of ether oxygens (including phenoxy) is 2. The topological polar surface area (TPSA) is 51.7 Å². The van der Waals surface area contributed by atoms with E-state index in [9.17, 15) is 4.79 Å². The highest BCUT2D eigenvalue weighted by atomic mass is 35.5. The molecule has 0 aliphatic carbocycles. The molecular weight excluding hydrogens is 364 g/mol. The smallest absolute Gasteiger partial charge is 0.260 e. The Morgan fingerprint density at radius 2 is 1.93 bits per heavy atom. The zero-order valence-corrected chi connectivity index (χ0v) is 15.4. The number of amides is 1. The second kappa shape index (κ2) is 7.84. The quantitative estimate of drug-likeness (QED) is 0.670. The summed E-state index contributed by atoms with van der Waals surface area (Å²) in [5, 5.41) is 1.71. The van der Waals surface area contributed by atoms with E-state index in [4.69, 9.17) is 21.1 Å². The molecule has 1 aliphatic rings. The maximum atomic E-state index is 12.4. The zero-order valence-electron chi connectivity index (χ0n) is 14.7. The Balaban J connectivity index is 1.31. The lowest BCUT2D eigenvalue weighted by molar-refractivity contribution is -0.132. The minimum absolute atomic E-state index is 0.00256. The van der Waals surface area contributed by atoms with Crippen molar-refractivity contribution in [3.8, 4) is 11.6 Å². The fourth-order valence-corrected chi connectivity index (χ4v) is 3.23. The highest BCUT2D eigenvalue weighted by molar-refractivity contribution is 6.30. The molecule has 5 nitrogen and oxygen atoms in total. The molecule has 0 N–H and O–H groups in total. The minimum atomic E-state index is -0.0573. The summed E-state index contributed by atoms with van der Waals surface area (Å²) in [7, 11) is 0. The van der Waals surface area contributed by atoms with E-state index >= 15 is 0 Å². The van der Waals surface area contributed by atoms with Crippen molar-refractivity contribution < 1.29 is 14.3 Å². The van der Waals surface area contributed by atoms with Gasteiger partial charge in [0.2, 0.25) is 5.88 Å². The first kappa shape index (κ1) is 17.6. The van der Waals surface area contributed by atoms with Crippen LogP contribution in [0.3, 0.4) is 0 Å². The molecule has 1 fully saturated rings. The SMILES string of the molecule is O=C(COc1ccc(Cl)cc1)N1CC[C@H](Oc2ccc3ccccc3n2)C1. The Morgan fingerprint density at radius 3 is 2.78 bits per heavy atom. The van der Waals surface area contributed by atoms with Crippen LogP contribution in [-0.4, -0.2) is 41.6 Å². The van der Waals surface area contributed by atoms with Gasteiger partial charge in [-0.05, 0) is 36.4 Å². The van der Waals surface area contributed by atoms with Gasteiger partial charge in [-0.15, -0.1) is 0 Å². The van der Waals surface area contributed by atoms with Crippen molar-refractivity contribution in [1.82, 2.24) is 9.88 Å². The predicted molar refractivity (Wildman–Crippen MR) is 104 cm³/mol. The summed E-state index contributed by atoms with van der Waals surface area (Å²) in [6.45, 7) is 1.20. The Hall–Kier alpha value is -2.79. The number of fused-ring (bicyclic) bond motifs is 1. The van der Waals surface area contributed by atoms with Gasteiger partial charge >= 0.3 is 0 Å². The number of aromatic nitrogens is 1. The normalized spacial score (nSPS) is 16.5. The molecule has 4 rings (SSSR count). The number of carbonyl (C=O) groups excluding carboxylic acids is 1. The summed E-state index contributed by atoms with van der Waals surface area (Å²) in [5.74, 6) is 1.16. The van der Waals surface area contributed by atoms with Crippen LogP contribution in [0.4, 0.5) is 0 Å². The van der Waals surface area contributed by atoms with Crippen molar-refractivity contribution in [3.05, 3.63) is 65.7 Å². The maximum absolute atomic E-state index is 12.4. The van der Waals surface area contributed by atoms with Gasteiger partial charge in [0.15, 0.2) is 6.61 Å². The van der Waals surface area contributed by atoms with E-state index in [1.807, 2.05) is 36.4 Å². The lowest BCUT2D eigenvalue weighted by Gasteiger charge is -2.17. The first-order valence-electron chi connectivity index (χ1n) is 8.86. The van der Waals surface area contributed by atoms with Crippen molar-refractivity contribution in [2.24, 2.45) is 0 Å². The molecule has 1 atom stereocenters. The van der Waals surface area contributed by atoms with Crippen LogP contribution in [0.25, 0.3) is 10.9 Å². The number of pyridine rings is 1. The van der Waals surface area contributed by atoms with E-state index in [1.165, 1.54) is 0 Å². The van der Waals surface area contributed by atoms with Crippen LogP contribution < -0.4 is 9.47 Å². The first-order valence-corrected chi connectivity index (χ1v) is 9.24. The number of likely N-dealkylation sites (tertiary alicyclic amines) is 1. The van der Waals surface area contributed by atoms with Gasteiger partial charge in [-0.25, -0.2) is 4.98 Å². The predicted octanol–water partition coefficient (Wildman–Crippen LogP) is 3.95. The minimum Gasteiger partial charge on any atom is -0.484 e. The third kappa shape index (κ3) is 4.31. The summed E-state index contributed by atoms with van der Waals surface area (Å²) < 4.78 is 11.5. The fraction of sp³-hybridized carbons (Fsp3) is 0.238. The molecule has 0 bridgehead atoms. The van der Waals surface area contributed by atoms with Crippen molar-refractivity contribution >= 4 is 28.4 Å². The van der Waals surface area contributed by atoms with Crippen molar-refractivity contribution in [1.29, 1.82) is 0 Å². The Morgan fingerprint density at radius 1 is 1.11 bits per heavy atom. The van der Waals surface area contributed by atoms with Crippen LogP contribution >= 0.6 is 11.6 Å². The average molecular weight is 383 g/mol. The number of rotatable bonds is 5. The molecule has 138 valence electrons. The Kier molecular flexibility index (Phi) is 5.12. The number of benzene rings is 2. The number of halogens is 1. The van der Waals surface area contributed by atoms with Gasteiger partial charge in [-0.2, -0.15) is 0 Å². The molecule has 1 aliphatic heterocycles. The molecule has 0 saturated carbocycles. The molecule has 1 saturated heterocycles. The average Bonchev–Trinajstić information content (AvgIpc) is 3.16. The van der Waals surface area contributed by atoms with E-state index < -0.39 is 0 Å². The summed E-state index contributed by atoms with van der Waals surface area (Å²) in [6.07, 6.45) is 0.722. The molecule has 0 unspecified atom stereocenters. The van der Waals surface area contributed by atoms with E-state index in [1.54, 1.807) is 29.2 Å². The van der Waals surface area contributed by atoms with E-state index in [0.717, 1.165) is 17.3 Å². The van der Waals surface area contributed by atoms with Gasteiger partial charge in [-0.1, -0.05) is 29.8 Å². The number of hydrogen-bond acceptors (Lipinski definition) is 4. The van der Waals surface area contributed by atoms with Gasteiger partial charge < -0.3 is 14.4 Å². The van der Waals surface area contributed by atoms with Gasteiger partial charge in [0.25, 0.3) is 5.91 Å². The molecule has 2 aromatic carbocycles. The second-order valence-electron chi connectivity index (χ2n) is 6.45. The van der Waals surface area contributed by atoms with Crippen LogP contribution in [0.15, 0.2) is 60.7 Å². The van der Waals surface area contributed by atoms with Gasteiger partial charge in [0, 0.05) is 29.4 Å². The van der Waals surface area contributed by atoms with Gasteiger partial charge in [-0.3, -0.25) is 4.79 Å². The summed E-state index contributed by atoms with van der Waals surface area (Å²) >= 11 is 5.84. The number of para-hydroxylation sites is 1. The van der Waals surface area contributed by atoms with Gasteiger partial charge in [0.1, 0.15) is 11.9 Å². The van der Waals surface area contributed by atoms with Crippen LogP contribution in [0.2, 0.25) is 5.02 Å². The third-order valence-corrected chi connectivity index (χ3v) is 4.79. The fourth-order valence-electron chi connectivity index (χ4n) is 3.10. The van der Waals surface area contributed by atoms with Crippen LogP contribution in [0.1, 0.15) is 6.42 Å². The maximum Gasteiger partial charge on any atom is 0.260 e. The molecule has 6 heteroatoms. The molecule has 3 aromatic rings. The highest BCUT2D eigenvalue weighted by Gasteiger charge is 2.28. The van der Waals surface area contributed by atoms with E-state index in [2.05, 4.69) is 4.98 Å². The summed E-state index contributed by atoms with van der Waals surface area (Å²) in [4.78, 5) is 18.7. The van der Waals surface area contributed by atoms with Crippen molar-refractivity contribution in [2.75, 3.05) is 19.7 Å². The monoisotopic (exact) mass is 382 g/mol. The molecule has 1 aromatic heterocycles. The lowest BCUT2D eigenvalue weighted by atomic mass is 10.2. The van der Waals surface area contributed by atoms with Crippen LogP contribution in [-0.2, 0) is 4.79 Å². The Bertz CT molecular complexity index is 946. The van der Waals surface area contributed by atoms with Crippen LogP contribution in [0, 0.1) is 0 Å². The highest BCUT2D eigenvalue weighted by Crippen LogP contribution is 2.21. The Labute approximate surface area is 162 Å². The zero-order chi connectivity index (χ0) is 18.6. The molecular formula is C21H19ClN2O3. The number of nitrogens with zero attached hydrogens (tertiary/aromatic N) is 2. The molecule has 27 heavy (non-hydrogen) atoms. The van der Waals surface area contributed by atoms with Crippen molar-refractivity contribution in [3.63, 3.8) is 0 Å². The summed E-state index contributed by atoms with van der Waals surface area (Å²) in [6, 6.07) is 18.7. The van der Waals surface area contributed by atoms with Crippen molar-refractivity contribution in [2.45, 2.75) is 12.5 Å². The number of hydrogen-bond donors (Lipinski definition) is 0. The van der Waals surface area contributed by atoms with Crippen LogP contribution in [0.5, 0.6) is 11.6 Å². The van der Waals surface area contributed by atoms with E-state index in [-0.39, 0.29) is 18.6 Å². The molecule has 1 amide bonds. The van der Waals surface area contributed by atoms with Gasteiger partial charge in [0.05, 0.1) is 12.1 Å². The lowest BCUT2D eigenvalue weighted by Crippen LogP contribution is -2.34. The largest absolute Gasteiger partial charge is 0.484 e. The second-order valence-corrected chi connectivity index (χ2v) is 6.89.